The fourth-order valence-electron chi connectivity index (χ4n) is 3.06. The van der Waals surface area contributed by atoms with Gasteiger partial charge < -0.3 is 10.1 Å². The Hall–Kier alpha value is -3.45. The molecule has 0 atom stereocenters. The molecule has 2 aromatic heterocycles. The first-order valence-electron chi connectivity index (χ1n) is 9.03. The summed E-state index contributed by atoms with van der Waals surface area (Å²) in [7, 11) is 1.60. The predicted octanol–water partition coefficient (Wildman–Crippen LogP) is 3.43. The highest BCUT2D eigenvalue weighted by Gasteiger charge is 2.17. The van der Waals surface area contributed by atoms with E-state index < -0.39 is 0 Å². The van der Waals surface area contributed by atoms with Crippen LogP contribution in [0.15, 0.2) is 60.9 Å². The number of halogens is 1. The molecule has 1 N–H and O–H groups in total. The molecule has 2 heterocycles. The van der Waals surface area contributed by atoms with E-state index in [2.05, 4.69) is 20.6 Å². The quantitative estimate of drug-likeness (QED) is 0.529. The first kappa shape index (κ1) is 18.9. The molecule has 146 valence electrons. The minimum Gasteiger partial charge on any atom is -0.496 e. The van der Waals surface area contributed by atoms with Crippen LogP contribution in [0, 0.1) is 0 Å². The van der Waals surface area contributed by atoms with Gasteiger partial charge in [0.1, 0.15) is 17.8 Å². The number of fused-ring (bicyclic) bond motifs is 1. The van der Waals surface area contributed by atoms with Crippen molar-refractivity contribution in [3.63, 3.8) is 0 Å². The fourth-order valence-corrected chi connectivity index (χ4v) is 3.19. The largest absolute Gasteiger partial charge is 0.496 e. The van der Waals surface area contributed by atoms with Crippen LogP contribution in [0.4, 0.5) is 0 Å². The molecule has 8 heteroatoms. The Morgan fingerprint density at radius 1 is 1.14 bits per heavy atom. The Labute approximate surface area is 172 Å². The summed E-state index contributed by atoms with van der Waals surface area (Å²) >= 11 is 5.90. The van der Waals surface area contributed by atoms with Crippen LogP contribution in [-0.2, 0) is 6.42 Å². The predicted molar refractivity (Wildman–Crippen MR) is 110 cm³/mol. The van der Waals surface area contributed by atoms with Crippen molar-refractivity contribution < 1.29 is 9.53 Å². The monoisotopic (exact) mass is 407 g/mol. The van der Waals surface area contributed by atoms with Gasteiger partial charge in [-0.3, -0.25) is 4.79 Å². The molecule has 4 rings (SSSR count). The van der Waals surface area contributed by atoms with E-state index in [1.807, 2.05) is 48.5 Å². The minimum atomic E-state index is -0.272. The first-order chi connectivity index (χ1) is 14.2. The molecule has 4 aromatic rings. The summed E-state index contributed by atoms with van der Waals surface area (Å²) in [6.45, 7) is 0.479. The molecule has 1 amide bonds. The van der Waals surface area contributed by atoms with Crippen molar-refractivity contribution in [2.45, 2.75) is 6.42 Å². The molecule has 0 unspecified atom stereocenters. The first-order valence-corrected chi connectivity index (χ1v) is 9.40. The maximum atomic E-state index is 12.7. The van der Waals surface area contributed by atoms with E-state index in [1.165, 1.54) is 10.8 Å². The molecule has 29 heavy (non-hydrogen) atoms. The number of benzene rings is 2. The molecule has 0 saturated carbocycles. The van der Waals surface area contributed by atoms with Crippen molar-refractivity contribution in [1.29, 1.82) is 0 Å². The van der Waals surface area contributed by atoms with Crippen molar-refractivity contribution in [2.75, 3.05) is 13.7 Å². The number of carbonyl (C=O) groups is 1. The maximum absolute atomic E-state index is 12.7. The van der Waals surface area contributed by atoms with Gasteiger partial charge in [-0.15, -0.1) is 10.2 Å². The number of nitrogens with zero attached hydrogens (tertiary/aromatic N) is 4. The smallest absolute Gasteiger partial charge is 0.271 e. The van der Waals surface area contributed by atoms with Crippen molar-refractivity contribution in [2.24, 2.45) is 0 Å². The van der Waals surface area contributed by atoms with Gasteiger partial charge >= 0.3 is 0 Å². The van der Waals surface area contributed by atoms with Crippen LogP contribution < -0.4 is 10.1 Å². The highest BCUT2D eigenvalue weighted by molar-refractivity contribution is 6.30. The molecule has 2 aromatic carbocycles. The van der Waals surface area contributed by atoms with Crippen LogP contribution in [0.2, 0.25) is 5.02 Å². The third-order valence-corrected chi connectivity index (χ3v) is 4.76. The van der Waals surface area contributed by atoms with Gasteiger partial charge in [-0.05, 0) is 36.2 Å². The third-order valence-electron chi connectivity index (χ3n) is 4.51. The highest BCUT2D eigenvalue weighted by atomic mass is 35.5. The number of methoxy groups -OCH3 is 1. The van der Waals surface area contributed by atoms with Gasteiger partial charge in [0, 0.05) is 22.7 Å². The van der Waals surface area contributed by atoms with Gasteiger partial charge in [-0.1, -0.05) is 41.9 Å². The minimum absolute atomic E-state index is 0.272. The summed E-state index contributed by atoms with van der Waals surface area (Å²) in [5.74, 6) is 0.406. The average molecular weight is 408 g/mol. The Morgan fingerprint density at radius 3 is 2.72 bits per heavy atom. The standard InChI is InChI=1S/C21H18ClN5O2/c1-29-19-5-3-2-4-16(19)17-12-18(26-27-13-24-25-20(17)27)21(28)23-11-10-14-6-8-15(22)9-7-14/h2-9,12-13H,10-11H2,1H3,(H,23,28). The van der Waals surface area contributed by atoms with Crippen LogP contribution in [0.25, 0.3) is 16.8 Å². The van der Waals surface area contributed by atoms with Crippen LogP contribution in [-0.4, -0.2) is 39.4 Å². The van der Waals surface area contributed by atoms with E-state index in [-0.39, 0.29) is 11.6 Å². The lowest BCUT2D eigenvalue weighted by atomic mass is 10.1. The van der Waals surface area contributed by atoms with Crippen molar-refractivity contribution in [3.05, 3.63) is 77.2 Å². The van der Waals surface area contributed by atoms with Crippen LogP contribution in [0.1, 0.15) is 16.1 Å². The zero-order valence-electron chi connectivity index (χ0n) is 15.7. The number of carbonyl (C=O) groups excluding carboxylic acids is 1. The van der Waals surface area contributed by atoms with Gasteiger partial charge in [0.25, 0.3) is 5.91 Å². The SMILES string of the molecule is COc1ccccc1-c1cc(C(=O)NCCc2ccc(Cl)cc2)nn2cnnc12. The maximum Gasteiger partial charge on any atom is 0.271 e. The van der Waals surface area contributed by atoms with E-state index in [1.54, 1.807) is 13.2 Å². The topological polar surface area (TPSA) is 81.4 Å². The molecule has 0 spiro atoms. The molecule has 7 nitrogen and oxygen atoms in total. The second-order valence-electron chi connectivity index (χ2n) is 6.38. The van der Waals surface area contributed by atoms with E-state index in [0.717, 1.165) is 16.7 Å². The summed E-state index contributed by atoms with van der Waals surface area (Å²) in [5.41, 5.74) is 3.44. The van der Waals surface area contributed by atoms with Crippen LogP contribution >= 0.6 is 11.6 Å². The number of amides is 1. The van der Waals surface area contributed by atoms with Gasteiger partial charge in [-0.25, -0.2) is 0 Å². The normalized spacial score (nSPS) is 10.8. The van der Waals surface area contributed by atoms with Gasteiger partial charge in [0.05, 0.1) is 7.11 Å². The zero-order chi connectivity index (χ0) is 20.2. The zero-order valence-corrected chi connectivity index (χ0v) is 16.4. The number of ether oxygens (including phenoxy) is 1. The van der Waals surface area contributed by atoms with Gasteiger partial charge in [0.2, 0.25) is 0 Å². The lowest BCUT2D eigenvalue weighted by molar-refractivity contribution is 0.0948. The Bertz CT molecular complexity index is 1160. The Kier molecular flexibility index (Phi) is 5.39. The Balaban J connectivity index is 1.59. The number of nitrogens with one attached hydrogen (secondary N) is 1. The van der Waals surface area contributed by atoms with E-state index in [0.29, 0.717) is 29.4 Å². The van der Waals surface area contributed by atoms with Gasteiger partial charge in [0.15, 0.2) is 5.65 Å². The second kappa shape index (κ2) is 8.28. The summed E-state index contributed by atoms with van der Waals surface area (Å²) in [4.78, 5) is 12.7. The van der Waals surface area contributed by atoms with E-state index in [9.17, 15) is 4.79 Å². The van der Waals surface area contributed by atoms with Crippen molar-refractivity contribution in [1.82, 2.24) is 25.1 Å². The van der Waals surface area contributed by atoms with E-state index >= 15 is 0 Å². The fraction of sp³-hybridized carbons (Fsp3) is 0.143. The third kappa shape index (κ3) is 4.05. The van der Waals surface area contributed by atoms with Crippen LogP contribution in [0.3, 0.4) is 0 Å². The Morgan fingerprint density at radius 2 is 1.93 bits per heavy atom. The molecule has 0 saturated heterocycles. The number of hydrogen-bond donors (Lipinski definition) is 1. The van der Waals surface area contributed by atoms with Gasteiger partial charge in [-0.2, -0.15) is 9.61 Å². The number of para-hydroxylation sites is 1. The summed E-state index contributed by atoms with van der Waals surface area (Å²) in [5, 5.41) is 16.0. The lowest BCUT2D eigenvalue weighted by Crippen LogP contribution is -2.27. The van der Waals surface area contributed by atoms with Crippen LogP contribution in [0.5, 0.6) is 5.75 Å². The molecule has 0 fully saturated rings. The molecule has 0 aliphatic carbocycles. The summed E-state index contributed by atoms with van der Waals surface area (Å²) in [6.07, 6.45) is 2.16. The second-order valence-corrected chi connectivity index (χ2v) is 6.81. The summed E-state index contributed by atoms with van der Waals surface area (Å²) in [6, 6.07) is 16.8. The lowest BCUT2D eigenvalue weighted by Gasteiger charge is -2.11. The number of rotatable bonds is 6. The number of aromatic nitrogens is 4. The molecule has 0 radical (unpaired) electrons. The molecular formula is C21H18ClN5O2. The molecule has 0 aliphatic heterocycles. The summed E-state index contributed by atoms with van der Waals surface area (Å²) < 4.78 is 6.96. The molecular weight excluding hydrogens is 390 g/mol. The van der Waals surface area contributed by atoms with Crippen molar-refractivity contribution >= 4 is 23.2 Å². The number of hydrogen-bond acceptors (Lipinski definition) is 5. The van der Waals surface area contributed by atoms with E-state index in [4.69, 9.17) is 16.3 Å². The van der Waals surface area contributed by atoms with Crippen molar-refractivity contribution in [3.8, 4) is 16.9 Å². The average Bonchev–Trinajstić information content (AvgIpc) is 3.23. The molecule has 0 bridgehead atoms. The highest BCUT2D eigenvalue weighted by Crippen LogP contribution is 2.32. The molecule has 0 aliphatic rings.